The second-order valence-electron chi connectivity index (χ2n) is 1.83. The zero-order chi connectivity index (χ0) is 6.41. The molecule has 0 atom stereocenters. The number of hydrazine groups is 1. The summed E-state index contributed by atoms with van der Waals surface area (Å²) in [6.45, 7) is 1.69. The van der Waals surface area contributed by atoms with E-state index in [4.69, 9.17) is 10.6 Å². The lowest BCUT2D eigenvalue weighted by molar-refractivity contribution is 0.180. The van der Waals surface area contributed by atoms with Gasteiger partial charge in [0, 0.05) is 27.3 Å². The first-order valence-electron chi connectivity index (χ1n) is 2.72. The first-order chi connectivity index (χ1) is 3.77. The average molecular weight is 118 g/mol. The Morgan fingerprint density at radius 1 is 1.62 bits per heavy atom. The number of rotatable bonds is 4. The third-order valence-electron chi connectivity index (χ3n) is 0.859. The van der Waals surface area contributed by atoms with Crippen LogP contribution in [0, 0.1) is 0 Å². The van der Waals surface area contributed by atoms with E-state index < -0.39 is 0 Å². The predicted octanol–water partition coefficient (Wildman–Crippen LogP) is -0.172. The summed E-state index contributed by atoms with van der Waals surface area (Å²) >= 11 is 0. The minimum Gasteiger partial charge on any atom is -0.385 e. The Kier molecular flexibility index (Phi) is 4.95. The van der Waals surface area contributed by atoms with Gasteiger partial charge in [-0.25, -0.2) is 0 Å². The van der Waals surface area contributed by atoms with Crippen LogP contribution in [0.5, 0.6) is 0 Å². The van der Waals surface area contributed by atoms with Crippen molar-refractivity contribution in [3.05, 3.63) is 0 Å². The molecule has 0 aromatic heterocycles. The number of ether oxygens (including phenoxy) is 1. The first kappa shape index (κ1) is 7.88. The maximum absolute atomic E-state index is 5.31. The quantitative estimate of drug-likeness (QED) is 0.316. The molecule has 0 aromatic rings. The van der Waals surface area contributed by atoms with Crippen LogP contribution in [0.3, 0.4) is 0 Å². The molecule has 50 valence electrons. The van der Waals surface area contributed by atoms with Crippen molar-refractivity contribution in [3.8, 4) is 0 Å². The van der Waals surface area contributed by atoms with Crippen molar-refractivity contribution in [1.82, 2.24) is 5.01 Å². The van der Waals surface area contributed by atoms with Crippen LogP contribution in [0.4, 0.5) is 0 Å². The van der Waals surface area contributed by atoms with Crippen LogP contribution >= 0.6 is 0 Å². The van der Waals surface area contributed by atoms with Crippen molar-refractivity contribution in [3.63, 3.8) is 0 Å². The Labute approximate surface area is 50.4 Å². The molecule has 0 aliphatic rings. The number of nitrogens with zero attached hydrogens (tertiary/aromatic N) is 1. The summed E-state index contributed by atoms with van der Waals surface area (Å²) in [6, 6.07) is 0. The lowest BCUT2D eigenvalue weighted by Crippen LogP contribution is -2.27. The molecule has 0 aromatic carbocycles. The summed E-state index contributed by atoms with van der Waals surface area (Å²) < 4.78 is 4.81. The molecule has 0 bridgehead atoms. The van der Waals surface area contributed by atoms with Crippen LogP contribution in [0.25, 0.3) is 0 Å². The fourth-order valence-corrected chi connectivity index (χ4v) is 0.458. The average Bonchev–Trinajstić information content (AvgIpc) is 1.66. The third-order valence-corrected chi connectivity index (χ3v) is 0.859. The molecule has 8 heavy (non-hydrogen) atoms. The van der Waals surface area contributed by atoms with Crippen molar-refractivity contribution in [1.29, 1.82) is 0 Å². The fraction of sp³-hybridized carbons (Fsp3) is 1.00. The minimum absolute atomic E-state index is 0.793. The largest absolute Gasteiger partial charge is 0.385 e. The molecule has 2 N–H and O–H groups in total. The van der Waals surface area contributed by atoms with E-state index >= 15 is 0 Å². The van der Waals surface area contributed by atoms with E-state index in [-0.39, 0.29) is 0 Å². The van der Waals surface area contributed by atoms with Crippen molar-refractivity contribution < 1.29 is 4.74 Å². The highest BCUT2D eigenvalue weighted by Crippen LogP contribution is 1.79. The van der Waals surface area contributed by atoms with Gasteiger partial charge in [-0.2, -0.15) is 0 Å². The van der Waals surface area contributed by atoms with Crippen LogP contribution in [-0.2, 0) is 4.74 Å². The van der Waals surface area contributed by atoms with Crippen molar-refractivity contribution in [2.75, 3.05) is 27.3 Å². The molecule has 0 fully saturated rings. The van der Waals surface area contributed by atoms with Gasteiger partial charge in [0.05, 0.1) is 0 Å². The zero-order valence-electron chi connectivity index (χ0n) is 5.55. The Morgan fingerprint density at radius 2 is 2.25 bits per heavy atom. The fourth-order valence-electron chi connectivity index (χ4n) is 0.458. The Hall–Kier alpha value is -0.120. The van der Waals surface area contributed by atoms with Gasteiger partial charge in [-0.05, 0) is 6.42 Å². The molecule has 0 heterocycles. The van der Waals surface area contributed by atoms with E-state index in [2.05, 4.69) is 0 Å². The molecule has 0 radical (unpaired) electrons. The molecule has 0 aliphatic carbocycles. The maximum Gasteiger partial charge on any atom is 0.0475 e. The van der Waals surface area contributed by atoms with Gasteiger partial charge in [-0.3, -0.25) is 10.9 Å². The molecule has 0 saturated carbocycles. The SMILES string of the molecule is COCCCN(C)N. The molecule has 3 nitrogen and oxygen atoms in total. The molecular formula is C5H14N2O. The molecule has 3 heteroatoms. The van der Waals surface area contributed by atoms with Gasteiger partial charge in [-0.1, -0.05) is 0 Å². The molecule has 0 amide bonds. The van der Waals surface area contributed by atoms with Gasteiger partial charge in [0.2, 0.25) is 0 Å². The van der Waals surface area contributed by atoms with Crippen LogP contribution in [0.15, 0.2) is 0 Å². The number of nitrogens with two attached hydrogens (primary N) is 1. The Bertz CT molecular complexity index is 47.7. The topological polar surface area (TPSA) is 38.5 Å². The molecule has 0 aliphatic heterocycles. The highest BCUT2D eigenvalue weighted by Gasteiger charge is 1.87. The van der Waals surface area contributed by atoms with Gasteiger partial charge in [-0.15, -0.1) is 0 Å². The Balaban J connectivity index is 2.72. The summed E-state index contributed by atoms with van der Waals surface area (Å²) in [4.78, 5) is 0. The van der Waals surface area contributed by atoms with Crippen LogP contribution < -0.4 is 5.84 Å². The van der Waals surface area contributed by atoms with E-state index in [0.29, 0.717) is 0 Å². The van der Waals surface area contributed by atoms with Gasteiger partial charge >= 0.3 is 0 Å². The smallest absolute Gasteiger partial charge is 0.0475 e. The highest BCUT2D eigenvalue weighted by atomic mass is 16.5. The van der Waals surface area contributed by atoms with E-state index in [9.17, 15) is 0 Å². The first-order valence-corrected chi connectivity index (χ1v) is 2.72. The standard InChI is InChI=1S/C5H14N2O/c1-7(6)4-3-5-8-2/h3-6H2,1-2H3. The predicted molar refractivity (Wildman–Crippen MR) is 33.3 cm³/mol. The second-order valence-corrected chi connectivity index (χ2v) is 1.83. The summed E-state index contributed by atoms with van der Waals surface area (Å²) in [5.74, 6) is 5.31. The molecule has 0 unspecified atom stereocenters. The molecule has 0 spiro atoms. The van der Waals surface area contributed by atoms with Crippen molar-refractivity contribution >= 4 is 0 Å². The maximum atomic E-state index is 5.31. The third kappa shape index (κ3) is 5.88. The number of hydrogen-bond acceptors (Lipinski definition) is 3. The van der Waals surface area contributed by atoms with Crippen LogP contribution in [0.2, 0.25) is 0 Å². The van der Waals surface area contributed by atoms with Crippen LogP contribution in [0.1, 0.15) is 6.42 Å². The molecular weight excluding hydrogens is 104 g/mol. The number of hydrogen-bond donors (Lipinski definition) is 1. The van der Waals surface area contributed by atoms with Crippen LogP contribution in [-0.4, -0.2) is 32.3 Å². The summed E-state index contributed by atoms with van der Waals surface area (Å²) in [6.07, 6.45) is 1.00. The van der Waals surface area contributed by atoms with Crippen molar-refractivity contribution in [2.45, 2.75) is 6.42 Å². The van der Waals surface area contributed by atoms with Gasteiger partial charge in [0.1, 0.15) is 0 Å². The van der Waals surface area contributed by atoms with E-state index in [1.54, 1.807) is 12.1 Å². The van der Waals surface area contributed by atoms with E-state index in [0.717, 1.165) is 19.6 Å². The lowest BCUT2D eigenvalue weighted by atomic mass is 10.4. The molecule has 0 rings (SSSR count). The highest BCUT2D eigenvalue weighted by molar-refractivity contribution is 4.38. The van der Waals surface area contributed by atoms with Gasteiger partial charge < -0.3 is 4.74 Å². The lowest BCUT2D eigenvalue weighted by Gasteiger charge is -2.06. The molecule has 0 saturated heterocycles. The Morgan fingerprint density at radius 3 is 2.62 bits per heavy atom. The van der Waals surface area contributed by atoms with Gasteiger partial charge in [0.15, 0.2) is 0 Å². The normalized spacial score (nSPS) is 10.5. The monoisotopic (exact) mass is 118 g/mol. The van der Waals surface area contributed by atoms with Gasteiger partial charge in [0.25, 0.3) is 0 Å². The summed E-state index contributed by atoms with van der Waals surface area (Å²) in [5.41, 5.74) is 0. The van der Waals surface area contributed by atoms with E-state index in [1.165, 1.54) is 0 Å². The summed E-state index contributed by atoms with van der Waals surface area (Å²) in [5, 5.41) is 1.65. The zero-order valence-corrected chi connectivity index (χ0v) is 5.55. The number of methoxy groups -OCH3 is 1. The van der Waals surface area contributed by atoms with Crippen molar-refractivity contribution in [2.24, 2.45) is 5.84 Å². The minimum atomic E-state index is 0.793. The second kappa shape index (κ2) is 5.03. The summed E-state index contributed by atoms with van der Waals surface area (Å²) in [7, 11) is 3.53. The van der Waals surface area contributed by atoms with E-state index in [1.807, 2.05) is 7.05 Å².